The Balaban J connectivity index is 1.62. The van der Waals surface area contributed by atoms with Crippen LogP contribution in [0.3, 0.4) is 0 Å². The van der Waals surface area contributed by atoms with E-state index >= 15 is 0 Å². The molecule has 10 heteroatoms. The zero-order chi connectivity index (χ0) is 25.7. The summed E-state index contributed by atoms with van der Waals surface area (Å²) in [6.07, 6.45) is -0.110. The average Bonchev–Trinajstić information content (AvgIpc) is 3.22. The predicted molar refractivity (Wildman–Crippen MR) is 130 cm³/mol. The molecule has 1 aromatic heterocycles. The van der Waals surface area contributed by atoms with E-state index in [1.165, 1.54) is 18.2 Å². The second-order valence-electron chi connectivity index (χ2n) is 8.61. The first kappa shape index (κ1) is 26.1. The van der Waals surface area contributed by atoms with Gasteiger partial charge in [-0.15, -0.1) is 0 Å². The van der Waals surface area contributed by atoms with Gasteiger partial charge in [0.05, 0.1) is 29.8 Å². The number of benzene rings is 1. The minimum atomic E-state index is -0.969. The zero-order valence-electron chi connectivity index (χ0n) is 20.0. The standard InChI is InChI=1S/C25H31FN4O5/c1-4-27-22(33)11-17(32)10-16(31)7-8-28-25(35)23-13(2)21(29-14(23)3)12-19-18-9-15(26)5-6-20(18)30-24(19)34/h5-6,9,12,16-17,29,31-32H,4,7-8,10-11H2,1-3H3,(H,27,33)(H,28,35)(H,30,34)/b19-12-/t16-,17-/m1/s1. The molecule has 0 unspecified atom stereocenters. The Hall–Kier alpha value is -3.50. The molecule has 9 nitrogen and oxygen atoms in total. The molecular weight excluding hydrogens is 455 g/mol. The highest BCUT2D eigenvalue weighted by atomic mass is 19.1. The van der Waals surface area contributed by atoms with Crippen molar-refractivity contribution in [3.05, 3.63) is 52.1 Å². The molecule has 0 saturated heterocycles. The number of aromatic nitrogens is 1. The first-order valence-electron chi connectivity index (χ1n) is 11.5. The van der Waals surface area contributed by atoms with Gasteiger partial charge in [0.2, 0.25) is 5.91 Å². The largest absolute Gasteiger partial charge is 0.393 e. The SMILES string of the molecule is CCNC(=O)C[C@H](O)C[C@H](O)CCNC(=O)c1c(C)[nH]c(/C=C2\C(=O)Nc3ccc(F)cc32)c1C. The van der Waals surface area contributed by atoms with Crippen LogP contribution in [0, 0.1) is 19.7 Å². The molecule has 1 aliphatic heterocycles. The van der Waals surface area contributed by atoms with E-state index in [2.05, 4.69) is 20.9 Å². The summed E-state index contributed by atoms with van der Waals surface area (Å²) in [5.41, 5.74) is 3.48. The molecule has 0 spiro atoms. The average molecular weight is 487 g/mol. The van der Waals surface area contributed by atoms with Gasteiger partial charge in [-0.3, -0.25) is 14.4 Å². The molecule has 0 radical (unpaired) electrons. The van der Waals surface area contributed by atoms with Gasteiger partial charge in [-0.05, 0) is 63.5 Å². The molecule has 3 amide bonds. The van der Waals surface area contributed by atoms with E-state index in [4.69, 9.17) is 0 Å². The number of aliphatic hydroxyl groups is 2. The van der Waals surface area contributed by atoms with Gasteiger partial charge in [0.15, 0.2) is 0 Å². The number of H-pyrrole nitrogens is 1. The maximum atomic E-state index is 13.7. The molecule has 2 atom stereocenters. The quantitative estimate of drug-likeness (QED) is 0.285. The maximum Gasteiger partial charge on any atom is 0.256 e. The molecule has 0 aliphatic carbocycles. The summed E-state index contributed by atoms with van der Waals surface area (Å²) in [6, 6.07) is 4.06. The fourth-order valence-corrected chi connectivity index (χ4v) is 4.15. The van der Waals surface area contributed by atoms with E-state index in [0.717, 1.165) is 0 Å². The van der Waals surface area contributed by atoms with Crippen molar-refractivity contribution in [1.29, 1.82) is 0 Å². The first-order chi connectivity index (χ1) is 16.6. The lowest BCUT2D eigenvalue weighted by atomic mass is 10.0. The molecule has 1 aromatic carbocycles. The number of aryl methyl sites for hydroxylation is 1. The second kappa shape index (κ2) is 11.3. The number of aliphatic hydroxyl groups excluding tert-OH is 2. The Labute approximate surface area is 202 Å². The van der Waals surface area contributed by atoms with E-state index < -0.39 is 18.0 Å². The molecule has 2 aromatic rings. The Kier molecular flexibility index (Phi) is 8.42. The summed E-state index contributed by atoms with van der Waals surface area (Å²) < 4.78 is 13.7. The van der Waals surface area contributed by atoms with Crippen molar-refractivity contribution in [1.82, 2.24) is 15.6 Å². The van der Waals surface area contributed by atoms with Crippen LogP contribution < -0.4 is 16.0 Å². The van der Waals surface area contributed by atoms with Gasteiger partial charge in [0.1, 0.15) is 5.82 Å². The number of amides is 3. The second-order valence-corrected chi connectivity index (χ2v) is 8.61. The highest BCUT2D eigenvalue weighted by Crippen LogP contribution is 2.34. The van der Waals surface area contributed by atoms with E-state index in [1.807, 2.05) is 0 Å². The van der Waals surface area contributed by atoms with E-state index in [0.29, 0.717) is 45.9 Å². The number of nitrogens with one attached hydrogen (secondary N) is 4. The molecule has 0 bridgehead atoms. The van der Waals surface area contributed by atoms with Crippen LogP contribution in [0.2, 0.25) is 0 Å². The number of rotatable bonds is 10. The molecule has 35 heavy (non-hydrogen) atoms. The molecule has 3 rings (SSSR count). The van der Waals surface area contributed by atoms with Crippen molar-refractivity contribution in [2.45, 2.75) is 52.2 Å². The van der Waals surface area contributed by atoms with Crippen molar-refractivity contribution < 1.29 is 29.0 Å². The fourth-order valence-electron chi connectivity index (χ4n) is 4.15. The minimum Gasteiger partial charge on any atom is -0.393 e. The molecular formula is C25H31FN4O5. The van der Waals surface area contributed by atoms with Gasteiger partial charge in [-0.25, -0.2) is 4.39 Å². The minimum absolute atomic E-state index is 0.0249. The third-order valence-corrected chi connectivity index (χ3v) is 5.86. The van der Waals surface area contributed by atoms with Crippen LogP contribution in [0.4, 0.5) is 10.1 Å². The lowest BCUT2D eigenvalue weighted by Gasteiger charge is -2.15. The highest BCUT2D eigenvalue weighted by Gasteiger charge is 2.26. The monoisotopic (exact) mass is 486 g/mol. The number of hydrogen-bond acceptors (Lipinski definition) is 5. The van der Waals surface area contributed by atoms with Crippen LogP contribution >= 0.6 is 0 Å². The number of fused-ring (bicyclic) bond motifs is 1. The van der Waals surface area contributed by atoms with Crippen LogP contribution in [0.1, 0.15) is 59.1 Å². The van der Waals surface area contributed by atoms with Crippen molar-refractivity contribution in [3.63, 3.8) is 0 Å². The molecule has 6 N–H and O–H groups in total. The topological polar surface area (TPSA) is 144 Å². The van der Waals surface area contributed by atoms with E-state index in [9.17, 15) is 29.0 Å². The van der Waals surface area contributed by atoms with Crippen LogP contribution in [0.15, 0.2) is 18.2 Å². The smallest absolute Gasteiger partial charge is 0.256 e. The zero-order valence-corrected chi connectivity index (χ0v) is 20.0. The summed E-state index contributed by atoms with van der Waals surface area (Å²) in [6.45, 7) is 5.90. The summed E-state index contributed by atoms with van der Waals surface area (Å²) in [7, 11) is 0. The van der Waals surface area contributed by atoms with E-state index in [1.54, 1.807) is 26.8 Å². The van der Waals surface area contributed by atoms with Gasteiger partial charge in [-0.2, -0.15) is 0 Å². The van der Waals surface area contributed by atoms with Crippen LogP contribution in [-0.2, 0) is 9.59 Å². The number of aromatic amines is 1. The number of carbonyl (C=O) groups is 3. The van der Waals surface area contributed by atoms with Gasteiger partial charge >= 0.3 is 0 Å². The normalized spacial score (nSPS) is 15.5. The van der Waals surface area contributed by atoms with Gasteiger partial charge in [0, 0.05) is 35.7 Å². The number of hydrogen-bond donors (Lipinski definition) is 6. The molecule has 0 saturated carbocycles. The first-order valence-corrected chi connectivity index (χ1v) is 11.5. The van der Waals surface area contributed by atoms with Crippen molar-refractivity contribution in [3.8, 4) is 0 Å². The number of anilines is 1. The maximum absolute atomic E-state index is 13.7. The Bertz CT molecular complexity index is 1160. The van der Waals surface area contributed by atoms with Gasteiger partial charge in [-0.1, -0.05) is 0 Å². The fraction of sp³-hybridized carbons (Fsp3) is 0.400. The van der Waals surface area contributed by atoms with Crippen LogP contribution in [0.25, 0.3) is 11.6 Å². The summed E-state index contributed by atoms with van der Waals surface area (Å²) in [4.78, 5) is 39.8. The van der Waals surface area contributed by atoms with Crippen molar-refractivity contribution in [2.75, 3.05) is 18.4 Å². The van der Waals surface area contributed by atoms with Gasteiger partial charge < -0.3 is 31.1 Å². The third-order valence-electron chi connectivity index (χ3n) is 5.86. The van der Waals surface area contributed by atoms with Crippen molar-refractivity contribution in [2.24, 2.45) is 0 Å². The lowest BCUT2D eigenvalue weighted by molar-refractivity contribution is -0.123. The Morgan fingerprint density at radius 1 is 1.17 bits per heavy atom. The molecule has 188 valence electrons. The highest BCUT2D eigenvalue weighted by molar-refractivity contribution is 6.34. The summed E-state index contributed by atoms with van der Waals surface area (Å²) >= 11 is 0. The molecule has 2 heterocycles. The van der Waals surface area contributed by atoms with E-state index in [-0.39, 0.29) is 43.5 Å². The molecule has 1 aliphatic rings. The third kappa shape index (κ3) is 6.34. The Morgan fingerprint density at radius 3 is 2.63 bits per heavy atom. The van der Waals surface area contributed by atoms with Crippen molar-refractivity contribution >= 4 is 35.1 Å². The van der Waals surface area contributed by atoms with Crippen LogP contribution in [0.5, 0.6) is 0 Å². The van der Waals surface area contributed by atoms with Crippen LogP contribution in [-0.4, -0.2) is 58.2 Å². The number of carbonyl (C=O) groups excluding carboxylic acids is 3. The number of halogens is 1. The van der Waals surface area contributed by atoms with Gasteiger partial charge in [0.25, 0.3) is 11.8 Å². The summed E-state index contributed by atoms with van der Waals surface area (Å²) in [5.74, 6) is -1.44. The summed E-state index contributed by atoms with van der Waals surface area (Å²) in [5, 5.41) is 28.1. The predicted octanol–water partition coefficient (Wildman–Crippen LogP) is 2.02. The lowest BCUT2D eigenvalue weighted by Crippen LogP contribution is -2.31. The molecule has 0 fully saturated rings. The Morgan fingerprint density at radius 2 is 1.91 bits per heavy atom.